The normalized spacial score (nSPS) is 11.5. The summed E-state index contributed by atoms with van der Waals surface area (Å²) in [6.45, 7) is 2.14. The van der Waals surface area contributed by atoms with Gasteiger partial charge < -0.3 is 10.1 Å². The fourth-order valence-electron chi connectivity index (χ4n) is 2.20. The van der Waals surface area contributed by atoms with Crippen LogP contribution >= 0.6 is 0 Å². The van der Waals surface area contributed by atoms with Crippen molar-refractivity contribution in [1.29, 1.82) is 0 Å². The van der Waals surface area contributed by atoms with Gasteiger partial charge in [-0.15, -0.1) is 0 Å². The first kappa shape index (κ1) is 18.6. The van der Waals surface area contributed by atoms with Crippen LogP contribution in [0.1, 0.15) is 23.6 Å². The lowest BCUT2D eigenvalue weighted by Crippen LogP contribution is -2.11. The number of hydrogen-bond acceptors (Lipinski definition) is 3. The van der Waals surface area contributed by atoms with Gasteiger partial charge in [0.1, 0.15) is 0 Å². The maximum Gasteiger partial charge on any atom is 0.418 e. The van der Waals surface area contributed by atoms with E-state index in [1.807, 2.05) is 30.3 Å². The quantitative estimate of drug-likeness (QED) is 0.596. The number of carbonyl (C=O) groups is 1. The van der Waals surface area contributed by atoms with Crippen LogP contribution in [-0.2, 0) is 22.3 Å². The van der Waals surface area contributed by atoms with Gasteiger partial charge in [-0.1, -0.05) is 36.4 Å². The Labute approximate surface area is 144 Å². The third-order valence-corrected chi connectivity index (χ3v) is 3.37. The van der Waals surface area contributed by atoms with E-state index in [-0.39, 0.29) is 24.4 Å². The molecule has 2 aromatic carbocycles. The first-order valence-electron chi connectivity index (χ1n) is 7.74. The fourth-order valence-corrected chi connectivity index (χ4v) is 2.20. The molecular formula is C19H18F3NO2. The van der Waals surface area contributed by atoms with Crippen molar-refractivity contribution in [3.8, 4) is 0 Å². The zero-order chi connectivity index (χ0) is 18.3. The Morgan fingerprint density at radius 2 is 1.88 bits per heavy atom. The molecule has 0 amide bonds. The fraction of sp³-hybridized carbons (Fsp3) is 0.211. The van der Waals surface area contributed by atoms with Crippen LogP contribution in [0.3, 0.4) is 0 Å². The molecule has 0 fully saturated rings. The van der Waals surface area contributed by atoms with E-state index in [4.69, 9.17) is 4.74 Å². The molecule has 0 saturated carbocycles. The maximum absolute atomic E-state index is 13.3. The van der Waals surface area contributed by atoms with E-state index in [0.717, 1.165) is 17.7 Å². The predicted octanol–water partition coefficient (Wildman–Crippen LogP) is 4.89. The van der Waals surface area contributed by atoms with Crippen LogP contribution in [0.4, 0.5) is 18.9 Å². The number of hydrogen-bond donors (Lipinski definition) is 1. The van der Waals surface area contributed by atoms with E-state index in [2.05, 4.69) is 5.32 Å². The van der Waals surface area contributed by atoms with Crippen molar-refractivity contribution in [1.82, 2.24) is 0 Å². The van der Waals surface area contributed by atoms with E-state index < -0.39 is 17.7 Å². The van der Waals surface area contributed by atoms with E-state index in [9.17, 15) is 18.0 Å². The molecule has 6 heteroatoms. The summed E-state index contributed by atoms with van der Waals surface area (Å²) in [5.74, 6) is -0.595. The standard InChI is InChI=1S/C19H18F3NO2/c1-2-25-18(24)11-9-14-8-10-17(16(12-14)19(20,21)22)23-13-15-6-4-3-5-7-15/h3-12,23H,2,13H2,1H3/b11-9+. The molecule has 25 heavy (non-hydrogen) atoms. The summed E-state index contributed by atoms with van der Waals surface area (Å²) in [7, 11) is 0. The van der Waals surface area contributed by atoms with E-state index in [0.29, 0.717) is 0 Å². The number of ether oxygens (including phenoxy) is 1. The highest BCUT2D eigenvalue weighted by molar-refractivity contribution is 5.87. The van der Waals surface area contributed by atoms with Crippen LogP contribution in [0, 0.1) is 0 Å². The van der Waals surface area contributed by atoms with Crippen LogP contribution in [0.15, 0.2) is 54.6 Å². The molecule has 0 heterocycles. The maximum atomic E-state index is 13.3. The highest BCUT2D eigenvalue weighted by atomic mass is 19.4. The van der Waals surface area contributed by atoms with Gasteiger partial charge in [0.05, 0.1) is 12.2 Å². The lowest BCUT2D eigenvalue weighted by atomic mass is 10.1. The minimum atomic E-state index is -4.51. The predicted molar refractivity (Wildman–Crippen MR) is 90.9 cm³/mol. The van der Waals surface area contributed by atoms with E-state index in [1.54, 1.807) is 6.92 Å². The van der Waals surface area contributed by atoms with Crippen LogP contribution in [0.2, 0.25) is 0 Å². The van der Waals surface area contributed by atoms with Crippen molar-refractivity contribution < 1.29 is 22.7 Å². The number of benzene rings is 2. The molecule has 132 valence electrons. The van der Waals surface area contributed by atoms with Gasteiger partial charge in [0.25, 0.3) is 0 Å². The van der Waals surface area contributed by atoms with Crippen molar-refractivity contribution in [2.75, 3.05) is 11.9 Å². The summed E-state index contributed by atoms with van der Waals surface area (Å²) < 4.78 is 44.7. The minimum absolute atomic E-state index is 0.00959. The molecule has 3 nitrogen and oxygen atoms in total. The minimum Gasteiger partial charge on any atom is -0.463 e. The Balaban J connectivity index is 2.21. The van der Waals surface area contributed by atoms with Crippen molar-refractivity contribution in [3.05, 3.63) is 71.3 Å². The lowest BCUT2D eigenvalue weighted by Gasteiger charge is -2.15. The van der Waals surface area contributed by atoms with Crippen molar-refractivity contribution in [2.45, 2.75) is 19.6 Å². The van der Waals surface area contributed by atoms with Gasteiger partial charge in [-0.25, -0.2) is 4.79 Å². The molecule has 0 unspecified atom stereocenters. The molecule has 0 radical (unpaired) electrons. The number of esters is 1. The molecule has 0 aliphatic heterocycles. The Morgan fingerprint density at radius 1 is 1.16 bits per heavy atom. The summed E-state index contributed by atoms with van der Waals surface area (Å²) in [5, 5.41) is 2.81. The van der Waals surface area contributed by atoms with E-state index in [1.165, 1.54) is 18.2 Å². The average molecular weight is 349 g/mol. The van der Waals surface area contributed by atoms with Crippen LogP contribution < -0.4 is 5.32 Å². The molecule has 0 saturated heterocycles. The van der Waals surface area contributed by atoms with Gasteiger partial charge in [-0.3, -0.25) is 0 Å². The molecule has 0 aliphatic rings. The average Bonchev–Trinajstić information content (AvgIpc) is 2.59. The first-order chi connectivity index (χ1) is 11.9. The third-order valence-electron chi connectivity index (χ3n) is 3.37. The van der Waals surface area contributed by atoms with Gasteiger partial charge in [-0.2, -0.15) is 13.2 Å². The highest BCUT2D eigenvalue weighted by Crippen LogP contribution is 2.36. The van der Waals surface area contributed by atoms with Crippen LogP contribution in [-0.4, -0.2) is 12.6 Å². The number of carbonyl (C=O) groups excluding carboxylic acids is 1. The summed E-state index contributed by atoms with van der Waals surface area (Å²) in [5.41, 5.74) is 0.353. The topological polar surface area (TPSA) is 38.3 Å². The monoisotopic (exact) mass is 349 g/mol. The zero-order valence-electron chi connectivity index (χ0n) is 13.6. The SMILES string of the molecule is CCOC(=O)/C=C/c1ccc(NCc2ccccc2)c(C(F)(F)F)c1. The van der Waals surface area contributed by atoms with Crippen molar-refractivity contribution >= 4 is 17.7 Å². The number of nitrogens with one attached hydrogen (secondary N) is 1. The molecule has 0 bridgehead atoms. The summed E-state index contributed by atoms with van der Waals surface area (Å²) in [6, 6.07) is 13.0. The number of anilines is 1. The Kier molecular flexibility index (Phi) is 6.22. The molecule has 0 spiro atoms. The molecule has 0 aromatic heterocycles. The first-order valence-corrected chi connectivity index (χ1v) is 7.74. The summed E-state index contributed by atoms with van der Waals surface area (Å²) >= 11 is 0. The van der Waals surface area contributed by atoms with Crippen LogP contribution in [0.5, 0.6) is 0 Å². The van der Waals surface area contributed by atoms with Gasteiger partial charge in [0.2, 0.25) is 0 Å². The largest absolute Gasteiger partial charge is 0.463 e. The molecule has 2 rings (SSSR count). The van der Waals surface area contributed by atoms with Gasteiger partial charge in [0, 0.05) is 18.3 Å². The smallest absolute Gasteiger partial charge is 0.418 e. The zero-order valence-corrected chi connectivity index (χ0v) is 13.6. The second-order valence-corrected chi connectivity index (χ2v) is 5.23. The molecule has 0 atom stereocenters. The van der Waals surface area contributed by atoms with E-state index >= 15 is 0 Å². The Hall–Kier alpha value is -2.76. The molecular weight excluding hydrogens is 331 g/mol. The highest BCUT2D eigenvalue weighted by Gasteiger charge is 2.33. The Morgan fingerprint density at radius 3 is 2.52 bits per heavy atom. The molecule has 1 N–H and O–H groups in total. The summed E-state index contributed by atoms with van der Waals surface area (Å²) in [6.07, 6.45) is -2.10. The molecule has 2 aromatic rings. The molecule has 0 aliphatic carbocycles. The number of rotatable bonds is 6. The van der Waals surface area contributed by atoms with Gasteiger partial charge in [0.15, 0.2) is 0 Å². The second-order valence-electron chi connectivity index (χ2n) is 5.23. The third kappa shape index (κ3) is 5.67. The van der Waals surface area contributed by atoms with Gasteiger partial charge in [-0.05, 0) is 36.3 Å². The second kappa shape index (κ2) is 8.37. The van der Waals surface area contributed by atoms with Gasteiger partial charge >= 0.3 is 12.1 Å². The van der Waals surface area contributed by atoms with Crippen molar-refractivity contribution in [3.63, 3.8) is 0 Å². The Bertz CT molecular complexity index is 740. The lowest BCUT2D eigenvalue weighted by molar-refractivity contribution is -0.137. The van der Waals surface area contributed by atoms with Crippen molar-refractivity contribution in [2.24, 2.45) is 0 Å². The summed E-state index contributed by atoms with van der Waals surface area (Å²) in [4.78, 5) is 11.3. The number of alkyl halides is 3. The number of halogens is 3. The van der Waals surface area contributed by atoms with Crippen LogP contribution in [0.25, 0.3) is 6.08 Å².